The standard InChI is InChI=1S/C29H27NO6/c1-18-23-14-15-25(19(2)26(23)36-28(32)24(18)16-21-10-6-4-7-11-21)35-27(31)20(3)30-29(33)34-17-22-12-8-5-9-13-22/h4-15,20H,16-17H2,1-3H3,(H,30,33). The van der Waals surface area contributed by atoms with Crippen molar-refractivity contribution in [2.24, 2.45) is 0 Å². The predicted molar refractivity (Wildman–Crippen MR) is 136 cm³/mol. The number of carbonyl (C=O) groups is 2. The number of ether oxygens (including phenoxy) is 2. The summed E-state index contributed by atoms with van der Waals surface area (Å²) in [6.07, 6.45) is -0.268. The Morgan fingerprint density at radius 3 is 2.19 bits per heavy atom. The van der Waals surface area contributed by atoms with Gasteiger partial charge in [0.1, 0.15) is 24.0 Å². The topological polar surface area (TPSA) is 94.8 Å². The number of esters is 1. The molecule has 1 heterocycles. The summed E-state index contributed by atoms with van der Waals surface area (Å²) in [4.78, 5) is 37.5. The molecule has 36 heavy (non-hydrogen) atoms. The lowest BCUT2D eigenvalue weighted by atomic mass is 9.98. The van der Waals surface area contributed by atoms with Crippen LogP contribution >= 0.6 is 0 Å². The van der Waals surface area contributed by atoms with Gasteiger partial charge in [0.15, 0.2) is 0 Å². The van der Waals surface area contributed by atoms with E-state index in [1.807, 2.05) is 67.6 Å². The van der Waals surface area contributed by atoms with Crippen molar-refractivity contribution in [1.82, 2.24) is 5.32 Å². The van der Waals surface area contributed by atoms with Crippen molar-refractivity contribution in [2.45, 2.75) is 39.8 Å². The fourth-order valence-electron chi connectivity index (χ4n) is 3.88. The average molecular weight is 486 g/mol. The van der Waals surface area contributed by atoms with Crippen LogP contribution < -0.4 is 15.7 Å². The fourth-order valence-corrected chi connectivity index (χ4v) is 3.88. The maximum absolute atomic E-state index is 12.8. The molecule has 184 valence electrons. The van der Waals surface area contributed by atoms with Crippen LogP contribution in [-0.4, -0.2) is 18.1 Å². The van der Waals surface area contributed by atoms with Gasteiger partial charge in [0.05, 0.1) is 0 Å². The van der Waals surface area contributed by atoms with Crippen LogP contribution in [0.5, 0.6) is 5.75 Å². The van der Waals surface area contributed by atoms with Crippen molar-refractivity contribution in [1.29, 1.82) is 0 Å². The molecular weight excluding hydrogens is 458 g/mol. The number of benzene rings is 3. The van der Waals surface area contributed by atoms with Gasteiger partial charge in [-0.2, -0.15) is 0 Å². The molecule has 4 aromatic rings. The molecular formula is C29H27NO6. The molecule has 0 fully saturated rings. The Morgan fingerprint density at radius 2 is 1.53 bits per heavy atom. The lowest BCUT2D eigenvalue weighted by Crippen LogP contribution is -2.41. The first kappa shape index (κ1) is 24.7. The quantitative estimate of drug-likeness (QED) is 0.219. The molecule has 0 radical (unpaired) electrons. The molecule has 7 heteroatoms. The van der Waals surface area contributed by atoms with Crippen LogP contribution in [0.3, 0.4) is 0 Å². The number of carbonyl (C=O) groups excluding carboxylic acids is 2. The predicted octanol–water partition coefficient (Wildman–Crippen LogP) is 5.22. The molecule has 1 N–H and O–H groups in total. The summed E-state index contributed by atoms with van der Waals surface area (Å²) in [6.45, 7) is 5.19. The van der Waals surface area contributed by atoms with Crippen LogP contribution in [0.1, 0.15) is 34.7 Å². The van der Waals surface area contributed by atoms with E-state index < -0.39 is 23.7 Å². The van der Waals surface area contributed by atoms with E-state index in [-0.39, 0.29) is 12.4 Å². The van der Waals surface area contributed by atoms with Crippen molar-refractivity contribution < 1.29 is 23.5 Å². The van der Waals surface area contributed by atoms with Crippen LogP contribution in [-0.2, 0) is 22.6 Å². The van der Waals surface area contributed by atoms with Crippen molar-refractivity contribution in [3.8, 4) is 5.75 Å². The first-order valence-electron chi connectivity index (χ1n) is 11.6. The molecule has 7 nitrogen and oxygen atoms in total. The summed E-state index contributed by atoms with van der Waals surface area (Å²) >= 11 is 0. The average Bonchev–Trinajstić information content (AvgIpc) is 2.88. The molecule has 4 rings (SSSR count). The van der Waals surface area contributed by atoms with E-state index in [1.54, 1.807) is 19.1 Å². The van der Waals surface area contributed by atoms with Gasteiger partial charge in [-0.3, -0.25) is 0 Å². The first-order valence-corrected chi connectivity index (χ1v) is 11.6. The van der Waals surface area contributed by atoms with E-state index in [2.05, 4.69) is 5.32 Å². The second kappa shape index (κ2) is 10.9. The number of aryl methyl sites for hydroxylation is 2. The van der Waals surface area contributed by atoms with E-state index in [0.717, 1.165) is 22.1 Å². The number of rotatable bonds is 7. The lowest BCUT2D eigenvalue weighted by Gasteiger charge is -2.16. The third-order valence-electron chi connectivity index (χ3n) is 5.99. The summed E-state index contributed by atoms with van der Waals surface area (Å²) in [7, 11) is 0. The van der Waals surface area contributed by atoms with E-state index in [0.29, 0.717) is 23.1 Å². The number of alkyl carbamates (subject to hydrolysis) is 1. The third-order valence-corrected chi connectivity index (χ3v) is 5.99. The van der Waals surface area contributed by atoms with Gasteiger partial charge in [-0.05, 0) is 49.6 Å². The Hall–Kier alpha value is -4.39. The largest absolute Gasteiger partial charge is 0.445 e. The van der Waals surface area contributed by atoms with Crippen LogP contribution in [0.4, 0.5) is 4.79 Å². The molecule has 0 saturated carbocycles. The van der Waals surface area contributed by atoms with Gasteiger partial charge in [-0.15, -0.1) is 0 Å². The minimum absolute atomic E-state index is 0.0862. The van der Waals surface area contributed by atoms with Gasteiger partial charge >= 0.3 is 17.7 Å². The highest BCUT2D eigenvalue weighted by molar-refractivity contribution is 5.88. The number of hydrogen-bond donors (Lipinski definition) is 1. The van der Waals surface area contributed by atoms with E-state index in [1.165, 1.54) is 6.92 Å². The highest BCUT2D eigenvalue weighted by Gasteiger charge is 2.21. The van der Waals surface area contributed by atoms with E-state index in [9.17, 15) is 14.4 Å². The minimum atomic E-state index is -0.953. The number of amides is 1. The summed E-state index contributed by atoms with van der Waals surface area (Å²) in [5.41, 5.74) is 3.71. The number of nitrogens with one attached hydrogen (secondary N) is 1. The third kappa shape index (κ3) is 5.63. The molecule has 1 amide bonds. The smallest absolute Gasteiger partial charge is 0.408 e. The SMILES string of the molecule is Cc1c(Cc2ccccc2)c(=O)oc2c(C)c(OC(=O)C(C)NC(=O)OCc3ccccc3)ccc12. The molecule has 3 aromatic carbocycles. The van der Waals surface area contributed by atoms with E-state index in [4.69, 9.17) is 13.9 Å². The van der Waals surface area contributed by atoms with Gasteiger partial charge < -0.3 is 19.2 Å². The van der Waals surface area contributed by atoms with Crippen molar-refractivity contribution in [3.05, 3.63) is 111 Å². The van der Waals surface area contributed by atoms with E-state index >= 15 is 0 Å². The Morgan fingerprint density at radius 1 is 0.889 bits per heavy atom. The molecule has 0 spiro atoms. The van der Waals surface area contributed by atoms with Gasteiger partial charge in [-0.25, -0.2) is 14.4 Å². The van der Waals surface area contributed by atoms with Crippen molar-refractivity contribution in [3.63, 3.8) is 0 Å². The Kier molecular flexibility index (Phi) is 7.49. The van der Waals surface area contributed by atoms with Crippen molar-refractivity contribution in [2.75, 3.05) is 0 Å². The molecule has 1 unspecified atom stereocenters. The van der Waals surface area contributed by atoms with Gasteiger partial charge in [0, 0.05) is 22.9 Å². The Bertz CT molecular complexity index is 1440. The fraction of sp³-hybridized carbons (Fsp3) is 0.207. The molecule has 0 bridgehead atoms. The minimum Gasteiger partial charge on any atom is -0.445 e. The summed E-state index contributed by atoms with van der Waals surface area (Å²) < 4.78 is 16.3. The molecule has 0 aliphatic heterocycles. The summed E-state index contributed by atoms with van der Waals surface area (Å²) in [5.74, 6) is -0.425. The maximum Gasteiger partial charge on any atom is 0.408 e. The monoisotopic (exact) mass is 485 g/mol. The second-order valence-corrected chi connectivity index (χ2v) is 8.57. The van der Waals surface area contributed by atoms with Crippen LogP contribution in [0, 0.1) is 13.8 Å². The molecule has 0 aliphatic carbocycles. The summed E-state index contributed by atoms with van der Waals surface area (Å²) in [5, 5.41) is 3.24. The maximum atomic E-state index is 12.8. The van der Waals surface area contributed by atoms with Crippen molar-refractivity contribution >= 4 is 23.0 Å². The first-order chi connectivity index (χ1) is 17.3. The normalized spacial score (nSPS) is 11.6. The van der Waals surface area contributed by atoms with Crippen LogP contribution in [0.15, 0.2) is 82.0 Å². The molecule has 0 saturated heterocycles. The zero-order valence-corrected chi connectivity index (χ0v) is 20.4. The van der Waals surface area contributed by atoms with Crippen LogP contribution in [0.25, 0.3) is 11.0 Å². The van der Waals surface area contributed by atoms with Gasteiger partial charge in [0.2, 0.25) is 0 Å². The number of hydrogen-bond acceptors (Lipinski definition) is 6. The Balaban J connectivity index is 1.46. The molecule has 1 aromatic heterocycles. The van der Waals surface area contributed by atoms with Gasteiger partial charge in [0.25, 0.3) is 0 Å². The highest BCUT2D eigenvalue weighted by atomic mass is 16.6. The van der Waals surface area contributed by atoms with Gasteiger partial charge in [-0.1, -0.05) is 60.7 Å². The second-order valence-electron chi connectivity index (χ2n) is 8.57. The molecule has 1 atom stereocenters. The molecule has 0 aliphatic rings. The summed E-state index contributed by atoms with van der Waals surface area (Å²) in [6, 6.07) is 21.4. The zero-order valence-electron chi connectivity index (χ0n) is 20.4. The van der Waals surface area contributed by atoms with Crippen LogP contribution in [0.2, 0.25) is 0 Å². The number of fused-ring (bicyclic) bond motifs is 1. The highest BCUT2D eigenvalue weighted by Crippen LogP contribution is 2.30. The lowest BCUT2D eigenvalue weighted by molar-refractivity contribution is -0.136. The zero-order chi connectivity index (χ0) is 25.7. The Labute approximate surface area is 208 Å².